The molecule has 2 heterocycles. The molecule has 28 heavy (non-hydrogen) atoms. The number of anilines is 1. The molecule has 0 spiro atoms. The Labute approximate surface area is 164 Å². The summed E-state index contributed by atoms with van der Waals surface area (Å²) in [6.45, 7) is 4.70. The third-order valence-electron chi connectivity index (χ3n) is 7.02. The monoisotopic (exact) mass is 379 g/mol. The van der Waals surface area contributed by atoms with Gasteiger partial charge in [0.25, 0.3) is 0 Å². The van der Waals surface area contributed by atoms with Gasteiger partial charge in [-0.15, -0.1) is 0 Å². The molecule has 0 aromatic heterocycles. The van der Waals surface area contributed by atoms with Gasteiger partial charge < -0.3 is 9.80 Å². The van der Waals surface area contributed by atoms with Gasteiger partial charge in [-0.25, -0.2) is 0 Å². The van der Waals surface area contributed by atoms with Crippen molar-refractivity contribution in [3.8, 4) is 0 Å². The van der Waals surface area contributed by atoms with Crippen molar-refractivity contribution in [1.29, 1.82) is 0 Å². The molecule has 1 aromatic carbocycles. The van der Waals surface area contributed by atoms with Crippen LogP contribution in [0.2, 0.25) is 0 Å². The van der Waals surface area contributed by atoms with Crippen molar-refractivity contribution in [3.05, 3.63) is 42.0 Å². The lowest BCUT2D eigenvalue weighted by Gasteiger charge is -2.36. The van der Waals surface area contributed by atoms with E-state index < -0.39 is 0 Å². The number of piperazine rings is 1. The number of para-hydroxylation sites is 1. The van der Waals surface area contributed by atoms with Crippen LogP contribution >= 0.6 is 0 Å². The highest BCUT2D eigenvalue weighted by Gasteiger charge is 2.60. The zero-order valence-corrected chi connectivity index (χ0v) is 16.1. The highest BCUT2D eigenvalue weighted by molar-refractivity contribution is 6.08. The SMILES string of the molecule is CC1=C[C@@H]2C[C@@H]1[C@H]1C(=O)N(CC(=O)N3CCN(c4ccccc4)CC3)C(=O)[C@@H]12. The summed E-state index contributed by atoms with van der Waals surface area (Å²) in [7, 11) is 0. The van der Waals surface area contributed by atoms with Crippen molar-refractivity contribution < 1.29 is 14.4 Å². The van der Waals surface area contributed by atoms with Gasteiger partial charge in [0.2, 0.25) is 17.7 Å². The molecule has 6 heteroatoms. The predicted octanol–water partition coefficient (Wildman–Crippen LogP) is 1.53. The Balaban J connectivity index is 1.21. The number of rotatable bonds is 3. The topological polar surface area (TPSA) is 60.9 Å². The van der Waals surface area contributed by atoms with Crippen molar-refractivity contribution in [2.45, 2.75) is 13.3 Å². The Kier molecular flexibility index (Phi) is 4.03. The highest BCUT2D eigenvalue weighted by Crippen LogP contribution is 2.55. The van der Waals surface area contributed by atoms with E-state index in [9.17, 15) is 14.4 Å². The van der Waals surface area contributed by atoms with Crippen LogP contribution in [-0.2, 0) is 14.4 Å². The van der Waals surface area contributed by atoms with Gasteiger partial charge in [-0.2, -0.15) is 0 Å². The van der Waals surface area contributed by atoms with Gasteiger partial charge in [-0.3, -0.25) is 19.3 Å². The van der Waals surface area contributed by atoms with E-state index in [1.807, 2.05) is 18.2 Å². The zero-order chi connectivity index (χ0) is 19.4. The number of amides is 3. The first-order chi connectivity index (χ1) is 13.5. The molecule has 146 valence electrons. The number of nitrogens with zero attached hydrogens (tertiary/aromatic N) is 3. The van der Waals surface area contributed by atoms with Crippen molar-refractivity contribution >= 4 is 23.4 Å². The Morgan fingerprint density at radius 1 is 1.00 bits per heavy atom. The quantitative estimate of drug-likeness (QED) is 0.590. The maximum absolute atomic E-state index is 12.9. The average Bonchev–Trinajstić information content (AvgIpc) is 3.35. The van der Waals surface area contributed by atoms with Crippen LogP contribution in [0, 0.1) is 23.7 Å². The third-order valence-corrected chi connectivity index (χ3v) is 7.02. The number of carbonyl (C=O) groups excluding carboxylic acids is 3. The van der Waals surface area contributed by atoms with Gasteiger partial charge in [-0.1, -0.05) is 29.8 Å². The molecule has 2 bridgehead atoms. The second-order valence-electron chi connectivity index (χ2n) is 8.43. The molecule has 0 radical (unpaired) electrons. The van der Waals surface area contributed by atoms with Crippen molar-refractivity contribution in [3.63, 3.8) is 0 Å². The van der Waals surface area contributed by atoms with E-state index in [1.165, 1.54) is 10.5 Å². The molecule has 3 amide bonds. The fourth-order valence-corrected chi connectivity index (χ4v) is 5.58. The van der Waals surface area contributed by atoms with Crippen LogP contribution in [-0.4, -0.2) is 60.2 Å². The third kappa shape index (κ3) is 2.58. The summed E-state index contributed by atoms with van der Waals surface area (Å²) < 4.78 is 0. The molecule has 6 nitrogen and oxygen atoms in total. The van der Waals surface area contributed by atoms with Crippen LogP contribution in [0.3, 0.4) is 0 Å². The molecule has 0 N–H and O–H groups in total. The maximum atomic E-state index is 12.9. The lowest BCUT2D eigenvalue weighted by atomic mass is 9.82. The molecule has 1 saturated carbocycles. The first-order valence-electron chi connectivity index (χ1n) is 10.2. The fraction of sp³-hybridized carbons (Fsp3) is 0.500. The minimum Gasteiger partial charge on any atom is -0.368 e. The minimum absolute atomic E-state index is 0.103. The second-order valence-corrected chi connectivity index (χ2v) is 8.43. The Morgan fingerprint density at radius 2 is 1.68 bits per heavy atom. The molecule has 5 rings (SSSR count). The smallest absolute Gasteiger partial charge is 0.242 e. The van der Waals surface area contributed by atoms with Crippen LogP contribution in [0.5, 0.6) is 0 Å². The number of hydrogen-bond donors (Lipinski definition) is 0. The second kappa shape index (κ2) is 6.47. The molecule has 4 aliphatic rings. The van der Waals surface area contributed by atoms with Crippen LogP contribution < -0.4 is 4.90 Å². The summed E-state index contributed by atoms with van der Waals surface area (Å²) in [5.74, 6) is -0.476. The number of imide groups is 1. The zero-order valence-electron chi connectivity index (χ0n) is 16.1. The molecule has 2 aliphatic carbocycles. The molecule has 2 saturated heterocycles. The van der Waals surface area contributed by atoms with Gasteiger partial charge >= 0.3 is 0 Å². The lowest BCUT2D eigenvalue weighted by molar-refractivity contribution is -0.147. The summed E-state index contributed by atoms with van der Waals surface area (Å²) in [5.41, 5.74) is 2.39. The van der Waals surface area contributed by atoms with Crippen molar-refractivity contribution in [2.75, 3.05) is 37.6 Å². The average molecular weight is 379 g/mol. The molecule has 0 unspecified atom stereocenters. The minimum atomic E-state index is -0.232. The summed E-state index contributed by atoms with van der Waals surface area (Å²) >= 11 is 0. The number of fused-ring (bicyclic) bond motifs is 5. The normalized spacial score (nSPS) is 31.5. The van der Waals surface area contributed by atoms with Gasteiger partial charge in [-0.05, 0) is 37.3 Å². The standard InChI is InChI=1S/C22H25N3O3/c1-14-11-15-12-17(14)20-19(15)21(27)25(22(20)28)13-18(26)24-9-7-23(8-10-24)16-5-3-2-4-6-16/h2-6,11,15,17,19-20H,7-10,12-13H2,1H3/t15-,17+,19-,20-/m1/s1. The van der Waals surface area contributed by atoms with E-state index in [0.29, 0.717) is 13.1 Å². The molecule has 1 aromatic rings. The number of benzene rings is 1. The van der Waals surface area contributed by atoms with E-state index in [2.05, 4.69) is 30.0 Å². The van der Waals surface area contributed by atoms with Crippen LogP contribution in [0.15, 0.2) is 42.0 Å². The summed E-state index contributed by atoms with van der Waals surface area (Å²) in [4.78, 5) is 43.8. The van der Waals surface area contributed by atoms with Crippen LogP contribution in [0.4, 0.5) is 5.69 Å². The largest absolute Gasteiger partial charge is 0.368 e. The molecular weight excluding hydrogens is 354 g/mol. The predicted molar refractivity (Wildman–Crippen MR) is 104 cm³/mol. The number of hydrogen-bond acceptors (Lipinski definition) is 4. The highest BCUT2D eigenvalue weighted by atomic mass is 16.2. The Bertz CT molecular complexity index is 857. The van der Waals surface area contributed by atoms with Crippen LogP contribution in [0.25, 0.3) is 0 Å². The van der Waals surface area contributed by atoms with E-state index in [1.54, 1.807) is 4.90 Å². The fourth-order valence-electron chi connectivity index (χ4n) is 5.58. The van der Waals surface area contributed by atoms with Crippen LogP contribution in [0.1, 0.15) is 13.3 Å². The lowest BCUT2D eigenvalue weighted by Crippen LogP contribution is -2.52. The van der Waals surface area contributed by atoms with Crippen molar-refractivity contribution in [2.24, 2.45) is 23.7 Å². The Hall–Kier alpha value is -2.63. The van der Waals surface area contributed by atoms with Gasteiger partial charge in [0, 0.05) is 31.9 Å². The molecule has 2 aliphatic heterocycles. The van der Waals surface area contributed by atoms with Gasteiger partial charge in [0.05, 0.1) is 11.8 Å². The molecule has 4 atom stereocenters. The van der Waals surface area contributed by atoms with E-state index in [4.69, 9.17) is 0 Å². The van der Waals surface area contributed by atoms with Gasteiger partial charge in [0.1, 0.15) is 6.54 Å². The first-order valence-corrected chi connectivity index (χ1v) is 10.2. The molecule has 3 fully saturated rings. The summed E-state index contributed by atoms with van der Waals surface area (Å²) in [6.07, 6.45) is 3.08. The summed E-state index contributed by atoms with van der Waals surface area (Å²) in [5, 5.41) is 0. The Morgan fingerprint density at radius 3 is 2.39 bits per heavy atom. The first kappa shape index (κ1) is 17.5. The van der Waals surface area contributed by atoms with E-state index in [-0.39, 0.29) is 47.9 Å². The number of allylic oxidation sites excluding steroid dienone is 2. The summed E-state index contributed by atoms with van der Waals surface area (Å²) in [6, 6.07) is 10.2. The number of carbonyl (C=O) groups is 3. The van der Waals surface area contributed by atoms with Crippen molar-refractivity contribution in [1.82, 2.24) is 9.80 Å². The van der Waals surface area contributed by atoms with E-state index in [0.717, 1.165) is 25.2 Å². The molecular formula is C22H25N3O3. The number of likely N-dealkylation sites (tertiary alicyclic amines) is 1. The van der Waals surface area contributed by atoms with Gasteiger partial charge in [0.15, 0.2) is 0 Å². The van der Waals surface area contributed by atoms with E-state index >= 15 is 0 Å². The maximum Gasteiger partial charge on any atom is 0.242 e.